The number of nitrogens with one attached hydrogen (secondary N) is 1. The van der Waals surface area contributed by atoms with Crippen LogP contribution in [0.2, 0.25) is 0 Å². The Balaban J connectivity index is 1.89. The minimum atomic E-state index is 0.695. The molecular formula is C13H17N3. The summed E-state index contributed by atoms with van der Waals surface area (Å²) in [5.74, 6) is 0. The molecular weight excluding hydrogens is 198 g/mol. The smallest absolute Gasteiger partial charge is 0.0911 e. The highest BCUT2D eigenvalue weighted by Crippen LogP contribution is 2.23. The number of hydrogen-bond acceptors (Lipinski definition) is 2. The van der Waals surface area contributed by atoms with Gasteiger partial charge >= 0.3 is 0 Å². The molecule has 0 spiro atoms. The molecule has 0 aliphatic carbocycles. The Morgan fingerprint density at radius 1 is 1.56 bits per heavy atom. The lowest BCUT2D eigenvalue weighted by Gasteiger charge is -2.18. The van der Waals surface area contributed by atoms with E-state index in [1.54, 1.807) is 0 Å². The maximum Gasteiger partial charge on any atom is 0.0911 e. The van der Waals surface area contributed by atoms with Crippen LogP contribution in [0, 0.1) is 0 Å². The Morgan fingerprint density at radius 3 is 3.31 bits per heavy atom. The molecule has 3 heterocycles. The molecule has 1 aliphatic rings. The first kappa shape index (κ1) is 9.85. The molecule has 1 unspecified atom stereocenters. The van der Waals surface area contributed by atoms with Crippen LogP contribution < -0.4 is 0 Å². The SMILES string of the molecule is CN1CCCC1Cc1c[nH]c2cccnc12. The first-order chi connectivity index (χ1) is 7.84. The van der Waals surface area contributed by atoms with E-state index in [0.717, 1.165) is 17.5 Å². The van der Waals surface area contributed by atoms with Crippen LogP contribution >= 0.6 is 0 Å². The normalized spacial score (nSPS) is 21.9. The minimum Gasteiger partial charge on any atom is -0.360 e. The minimum absolute atomic E-state index is 0.695. The van der Waals surface area contributed by atoms with Crippen LogP contribution in [0.1, 0.15) is 18.4 Å². The predicted molar refractivity (Wildman–Crippen MR) is 65.4 cm³/mol. The highest BCUT2D eigenvalue weighted by Gasteiger charge is 2.22. The van der Waals surface area contributed by atoms with E-state index < -0.39 is 0 Å². The number of aromatic nitrogens is 2. The Bertz CT molecular complexity index is 489. The van der Waals surface area contributed by atoms with Gasteiger partial charge in [-0.15, -0.1) is 0 Å². The summed E-state index contributed by atoms with van der Waals surface area (Å²) in [7, 11) is 2.22. The molecule has 1 saturated heterocycles. The molecule has 2 aromatic rings. The largest absolute Gasteiger partial charge is 0.360 e. The Labute approximate surface area is 95.5 Å². The topological polar surface area (TPSA) is 31.9 Å². The summed E-state index contributed by atoms with van der Waals surface area (Å²) >= 11 is 0. The number of aromatic amines is 1. The molecule has 0 radical (unpaired) electrons. The van der Waals surface area contributed by atoms with Crippen LogP contribution in [0.5, 0.6) is 0 Å². The van der Waals surface area contributed by atoms with Gasteiger partial charge in [0.05, 0.1) is 11.0 Å². The molecule has 84 valence electrons. The van der Waals surface area contributed by atoms with E-state index >= 15 is 0 Å². The molecule has 0 aromatic carbocycles. The summed E-state index contributed by atoms with van der Waals surface area (Å²) in [6.45, 7) is 1.24. The molecule has 3 rings (SSSR count). The molecule has 0 bridgehead atoms. The third kappa shape index (κ3) is 1.61. The Morgan fingerprint density at radius 2 is 2.50 bits per heavy atom. The molecule has 1 aliphatic heterocycles. The lowest BCUT2D eigenvalue weighted by molar-refractivity contribution is 0.310. The molecule has 1 atom stereocenters. The van der Waals surface area contributed by atoms with Gasteiger partial charge in [-0.05, 0) is 50.6 Å². The van der Waals surface area contributed by atoms with Gasteiger partial charge in [0.25, 0.3) is 0 Å². The standard InChI is InChI=1S/C13H17N3/c1-16-7-3-4-11(16)8-10-9-15-12-5-2-6-14-13(10)12/h2,5-6,9,11,15H,3-4,7-8H2,1H3. The van der Waals surface area contributed by atoms with Gasteiger partial charge in [-0.25, -0.2) is 0 Å². The monoisotopic (exact) mass is 215 g/mol. The fraction of sp³-hybridized carbons (Fsp3) is 0.462. The van der Waals surface area contributed by atoms with Crippen molar-refractivity contribution in [3.8, 4) is 0 Å². The number of H-pyrrole nitrogens is 1. The summed E-state index contributed by atoms with van der Waals surface area (Å²) in [4.78, 5) is 10.2. The second-order valence-electron chi connectivity index (χ2n) is 4.69. The quantitative estimate of drug-likeness (QED) is 0.832. The lowest BCUT2D eigenvalue weighted by atomic mass is 10.1. The van der Waals surface area contributed by atoms with Gasteiger partial charge < -0.3 is 9.88 Å². The van der Waals surface area contributed by atoms with E-state index in [1.807, 2.05) is 12.3 Å². The van der Waals surface area contributed by atoms with Gasteiger partial charge in [0.1, 0.15) is 0 Å². The number of likely N-dealkylation sites (tertiary alicyclic amines) is 1. The number of fused-ring (bicyclic) bond motifs is 1. The van der Waals surface area contributed by atoms with Crippen LogP contribution in [0.3, 0.4) is 0 Å². The number of pyridine rings is 1. The summed E-state index contributed by atoms with van der Waals surface area (Å²) in [6, 6.07) is 4.76. The van der Waals surface area contributed by atoms with Crippen molar-refractivity contribution in [1.82, 2.24) is 14.9 Å². The zero-order chi connectivity index (χ0) is 11.0. The highest BCUT2D eigenvalue weighted by atomic mass is 15.1. The van der Waals surface area contributed by atoms with Crippen molar-refractivity contribution in [2.24, 2.45) is 0 Å². The maximum atomic E-state index is 4.46. The third-order valence-electron chi connectivity index (χ3n) is 3.64. The van der Waals surface area contributed by atoms with Gasteiger partial charge in [0, 0.05) is 18.4 Å². The van der Waals surface area contributed by atoms with Crippen LogP contribution in [0.4, 0.5) is 0 Å². The van der Waals surface area contributed by atoms with Gasteiger partial charge in [0.2, 0.25) is 0 Å². The molecule has 0 saturated carbocycles. The predicted octanol–water partition coefficient (Wildman–Crippen LogP) is 2.20. The lowest BCUT2D eigenvalue weighted by Crippen LogP contribution is -2.26. The molecule has 3 heteroatoms. The van der Waals surface area contributed by atoms with Crippen LogP contribution in [-0.2, 0) is 6.42 Å². The molecule has 0 amide bonds. The average Bonchev–Trinajstić information content (AvgIpc) is 2.88. The summed E-state index contributed by atoms with van der Waals surface area (Å²) in [6.07, 6.45) is 7.75. The molecule has 3 nitrogen and oxygen atoms in total. The van der Waals surface area contributed by atoms with Gasteiger partial charge in [-0.1, -0.05) is 0 Å². The van der Waals surface area contributed by atoms with Crippen molar-refractivity contribution in [2.75, 3.05) is 13.6 Å². The van der Waals surface area contributed by atoms with E-state index in [-0.39, 0.29) is 0 Å². The third-order valence-corrected chi connectivity index (χ3v) is 3.64. The maximum absolute atomic E-state index is 4.46. The fourth-order valence-electron chi connectivity index (χ4n) is 2.66. The van der Waals surface area contributed by atoms with E-state index in [0.29, 0.717) is 6.04 Å². The zero-order valence-corrected chi connectivity index (χ0v) is 9.61. The molecule has 2 aromatic heterocycles. The first-order valence-corrected chi connectivity index (χ1v) is 5.96. The van der Waals surface area contributed by atoms with Crippen molar-refractivity contribution >= 4 is 11.0 Å². The number of nitrogens with zero attached hydrogens (tertiary/aromatic N) is 2. The van der Waals surface area contributed by atoms with Crippen molar-refractivity contribution in [1.29, 1.82) is 0 Å². The van der Waals surface area contributed by atoms with Gasteiger partial charge in [-0.3, -0.25) is 4.98 Å². The molecule has 1 fully saturated rings. The first-order valence-electron chi connectivity index (χ1n) is 5.96. The van der Waals surface area contributed by atoms with Crippen LogP contribution in [0.15, 0.2) is 24.5 Å². The summed E-state index contributed by atoms with van der Waals surface area (Å²) < 4.78 is 0. The van der Waals surface area contributed by atoms with Gasteiger partial charge in [0.15, 0.2) is 0 Å². The number of rotatable bonds is 2. The molecule has 16 heavy (non-hydrogen) atoms. The van der Waals surface area contributed by atoms with E-state index in [1.165, 1.54) is 24.9 Å². The van der Waals surface area contributed by atoms with E-state index in [4.69, 9.17) is 0 Å². The van der Waals surface area contributed by atoms with Crippen LogP contribution in [0.25, 0.3) is 11.0 Å². The van der Waals surface area contributed by atoms with Gasteiger partial charge in [-0.2, -0.15) is 0 Å². The van der Waals surface area contributed by atoms with Crippen LogP contribution in [-0.4, -0.2) is 34.5 Å². The summed E-state index contributed by atoms with van der Waals surface area (Å²) in [5.41, 5.74) is 3.65. The zero-order valence-electron chi connectivity index (χ0n) is 9.61. The molecule has 1 N–H and O–H groups in total. The Hall–Kier alpha value is -1.35. The van der Waals surface area contributed by atoms with E-state index in [2.05, 4.69) is 34.2 Å². The second-order valence-corrected chi connectivity index (χ2v) is 4.69. The average molecular weight is 215 g/mol. The number of likely N-dealkylation sites (N-methyl/N-ethyl adjacent to an activating group) is 1. The highest BCUT2D eigenvalue weighted by molar-refractivity contribution is 5.78. The second kappa shape index (κ2) is 3.91. The summed E-state index contributed by atoms with van der Waals surface area (Å²) in [5, 5.41) is 0. The number of hydrogen-bond donors (Lipinski definition) is 1. The van der Waals surface area contributed by atoms with Crippen molar-refractivity contribution in [2.45, 2.75) is 25.3 Å². The van der Waals surface area contributed by atoms with Crippen molar-refractivity contribution < 1.29 is 0 Å². The Kier molecular flexibility index (Phi) is 2.40. The van der Waals surface area contributed by atoms with Crippen molar-refractivity contribution in [3.63, 3.8) is 0 Å². The van der Waals surface area contributed by atoms with E-state index in [9.17, 15) is 0 Å². The fourth-order valence-corrected chi connectivity index (χ4v) is 2.66. The van der Waals surface area contributed by atoms with Crippen molar-refractivity contribution in [3.05, 3.63) is 30.1 Å².